The highest BCUT2D eigenvalue weighted by Gasteiger charge is 2.20. The molecule has 0 aliphatic rings. The SMILES string of the molecule is Cc1ccc(Br)c(P(=O)(O)O)c1. The summed E-state index contributed by atoms with van der Waals surface area (Å²) in [7, 11) is -4.13. The maximum Gasteiger partial charge on any atom is 0.357 e. The Morgan fingerprint density at radius 3 is 2.42 bits per heavy atom. The fourth-order valence-corrected chi connectivity index (χ4v) is 2.51. The molecule has 0 amide bonds. The molecule has 0 aliphatic carbocycles. The van der Waals surface area contributed by atoms with E-state index in [9.17, 15) is 4.57 Å². The molecule has 0 saturated carbocycles. The Morgan fingerprint density at radius 1 is 1.42 bits per heavy atom. The van der Waals surface area contributed by atoms with Gasteiger partial charge in [-0.05, 0) is 35.0 Å². The van der Waals surface area contributed by atoms with E-state index in [1.165, 1.54) is 6.07 Å². The van der Waals surface area contributed by atoms with E-state index in [-0.39, 0.29) is 5.30 Å². The molecule has 0 atom stereocenters. The third-order valence-electron chi connectivity index (χ3n) is 1.42. The van der Waals surface area contributed by atoms with Gasteiger partial charge in [-0.25, -0.2) is 0 Å². The van der Waals surface area contributed by atoms with Gasteiger partial charge in [-0.3, -0.25) is 4.57 Å². The van der Waals surface area contributed by atoms with Crippen molar-refractivity contribution >= 4 is 28.8 Å². The van der Waals surface area contributed by atoms with Crippen LogP contribution in [-0.4, -0.2) is 9.79 Å². The highest BCUT2D eigenvalue weighted by Crippen LogP contribution is 2.36. The third-order valence-corrected chi connectivity index (χ3v) is 3.41. The number of hydrogen-bond donors (Lipinski definition) is 2. The van der Waals surface area contributed by atoms with Crippen LogP contribution in [0.2, 0.25) is 0 Å². The molecule has 0 heterocycles. The fraction of sp³-hybridized carbons (Fsp3) is 0.143. The van der Waals surface area contributed by atoms with Crippen LogP contribution in [0.1, 0.15) is 5.56 Å². The Kier molecular flexibility index (Phi) is 2.74. The summed E-state index contributed by atoms with van der Waals surface area (Å²) in [4.78, 5) is 17.8. The van der Waals surface area contributed by atoms with Crippen LogP contribution in [-0.2, 0) is 4.57 Å². The van der Waals surface area contributed by atoms with Gasteiger partial charge in [0.2, 0.25) is 0 Å². The van der Waals surface area contributed by atoms with Crippen molar-refractivity contribution in [2.24, 2.45) is 0 Å². The summed E-state index contributed by atoms with van der Waals surface area (Å²) >= 11 is 3.07. The van der Waals surface area contributed by atoms with Gasteiger partial charge in [0.25, 0.3) is 0 Å². The Hall–Kier alpha value is -0.150. The molecule has 0 bridgehead atoms. The molecule has 5 heteroatoms. The average Bonchev–Trinajstić information content (AvgIpc) is 1.92. The van der Waals surface area contributed by atoms with E-state index >= 15 is 0 Å². The van der Waals surface area contributed by atoms with Crippen molar-refractivity contribution in [3.05, 3.63) is 28.2 Å². The van der Waals surface area contributed by atoms with E-state index < -0.39 is 7.60 Å². The maximum absolute atomic E-state index is 10.9. The molecule has 12 heavy (non-hydrogen) atoms. The Morgan fingerprint density at radius 2 is 2.00 bits per heavy atom. The minimum atomic E-state index is -4.13. The fourth-order valence-electron chi connectivity index (χ4n) is 0.846. The zero-order valence-electron chi connectivity index (χ0n) is 6.36. The molecule has 0 aromatic heterocycles. The minimum Gasteiger partial charge on any atom is -0.321 e. The molecular weight excluding hydrogens is 243 g/mol. The van der Waals surface area contributed by atoms with Gasteiger partial charge >= 0.3 is 7.60 Å². The number of halogens is 1. The van der Waals surface area contributed by atoms with Crippen LogP contribution in [0, 0.1) is 6.92 Å². The minimum absolute atomic E-state index is 0.0440. The van der Waals surface area contributed by atoms with Crippen LogP contribution < -0.4 is 5.30 Å². The summed E-state index contributed by atoms with van der Waals surface area (Å²) in [5.41, 5.74) is 0.830. The number of hydrogen-bond acceptors (Lipinski definition) is 1. The largest absolute Gasteiger partial charge is 0.357 e. The van der Waals surface area contributed by atoms with Crippen molar-refractivity contribution in [2.45, 2.75) is 6.92 Å². The predicted molar refractivity (Wildman–Crippen MR) is 50.6 cm³/mol. The molecule has 0 spiro atoms. The Balaban J connectivity index is 3.33. The zero-order valence-corrected chi connectivity index (χ0v) is 8.84. The monoisotopic (exact) mass is 250 g/mol. The molecule has 1 aromatic rings. The van der Waals surface area contributed by atoms with Crippen LogP contribution in [0.3, 0.4) is 0 Å². The predicted octanol–water partition coefficient (Wildman–Crippen LogP) is 1.56. The van der Waals surface area contributed by atoms with Gasteiger partial charge < -0.3 is 9.79 Å². The molecule has 0 saturated heterocycles. The zero-order chi connectivity index (χ0) is 9.35. The van der Waals surface area contributed by atoms with Crippen molar-refractivity contribution in [2.75, 3.05) is 0 Å². The second-order valence-electron chi connectivity index (χ2n) is 2.50. The summed E-state index contributed by atoms with van der Waals surface area (Å²) < 4.78 is 11.3. The van der Waals surface area contributed by atoms with E-state index in [0.717, 1.165) is 5.56 Å². The molecule has 1 aromatic carbocycles. The van der Waals surface area contributed by atoms with Crippen LogP contribution in [0.25, 0.3) is 0 Å². The average molecular weight is 251 g/mol. The molecular formula is C7H8BrO3P. The summed E-state index contributed by atoms with van der Waals surface area (Å²) in [6, 6.07) is 4.89. The first-order valence-corrected chi connectivity index (χ1v) is 5.64. The van der Waals surface area contributed by atoms with Gasteiger partial charge in [0, 0.05) is 4.47 Å². The smallest absolute Gasteiger partial charge is 0.321 e. The lowest BCUT2D eigenvalue weighted by molar-refractivity contribution is 0.387. The first-order chi connectivity index (χ1) is 5.41. The number of rotatable bonds is 1. The Labute approximate surface area is 78.7 Å². The summed E-state index contributed by atoms with van der Waals surface area (Å²) in [5.74, 6) is 0. The first-order valence-electron chi connectivity index (χ1n) is 3.23. The quantitative estimate of drug-likeness (QED) is 0.744. The van der Waals surface area contributed by atoms with Crippen molar-refractivity contribution in [1.29, 1.82) is 0 Å². The van der Waals surface area contributed by atoms with Gasteiger partial charge in [-0.2, -0.15) is 0 Å². The lowest BCUT2D eigenvalue weighted by atomic mass is 10.2. The van der Waals surface area contributed by atoms with Gasteiger partial charge in [0.15, 0.2) is 0 Å². The van der Waals surface area contributed by atoms with E-state index in [2.05, 4.69) is 15.9 Å². The van der Waals surface area contributed by atoms with Crippen LogP contribution >= 0.6 is 23.5 Å². The third kappa shape index (κ3) is 2.17. The molecule has 0 radical (unpaired) electrons. The van der Waals surface area contributed by atoms with Gasteiger partial charge in [-0.1, -0.05) is 11.6 Å². The summed E-state index contributed by atoms with van der Waals surface area (Å²) in [5, 5.41) is 0.0440. The highest BCUT2D eigenvalue weighted by molar-refractivity contribution is 9.10. The standard InChI is InChI=1S/C7H8BrO3P/c1-5-2-3-6(8)7(4-5)12(9,10)11/h2-4H,1H3,(H2,9,10,11). The van der Waals surface area contributed by atoms with Crippen LogP contribution in [0.15, 0.2) is 22.7 Å². The summed E-state index contributed by atoms with van der Waals surface area (Å²) in [6.07, 6.45) is 0. The molecule has 0 unspecified atom stereocenters. The lowest BCUT2D eigenvalue weighted by Gasteiger charge is -2.06. The number of aryl methyl sites for hydroxylation is 1. The van der Waals surface area contributed by atoms with E-state index in [0.29, 0.717) is 4.47 Å². The van der Waals surface area contributed by atoms with Crippen molar-refractivity contribution in [3.63, 3.8) is 0 Å². The highest BCUT2D eigenvalue weighted by atomic mass is 79.9. The molecule has 2 N–H and O–H groups in total. The maximum atomic E-state index is 10.9. The number of benzene rings is 1. The van der Waals surface area contributed by atoms with E-state index in [1.54, 1.807) is 19.1 Å². The molecule has 3 nitrogen and oxygen atoms in total. The Bertz CT molecular complexity index is 345. The molecule has 1 rings (SSSR count). The molecule has 0 aliphatic heterocycles. The van der Waals surface area contributed by atoms with Crippen molar-refractivity contribution in [3.8, 4) is 0 Å². The molecule has 0 fully saturated rings. The van der Waals surface area contributed by atoms with Crippen LogP contribution in [0.5, 0.6) is 0 Å². The molecule has 66 valence electrons. The van der Waals surface area contributed by atoms with Gasteiger partial charge in [-0.15, -0.1) is 0 Å². The van der Waals surface area contributed by atoms with Crippen molar-refractivity contribution in [1.82, 2.24) is 0 Å². The van der Waals surface area contributed by atoms with Crippen LogP contribution in [0.4, 0.5) is 0 Å². The topological polar surface area (TPSA) is 57.5 Å². The lowest BCUT2D eigenvalue weighted by Crippen LogP contribution is -2.05. The second-order valence-corrected chi connectivity index (χ2v) is 4.92. The second kappa shape index (κ2) is 3.30. The van der Waals surface area contributed by atoms with E-state index in [1.807, 2.05) is 0 Å². The summed E-state index contributed by atoms with van der Waals surface area (Å²) in [6.45, 7) is 1.78. The van der Waals surface area contributed by atoms with Gasteiger partial charge in [0.05, 0.1) is 5.30 Å². The first kappa shape index (κ1) is 9.93. The van der Waals surface area contributed by atoms with Crippen molar-refractivity contribution < 1.29 is 14.4 Å². The normalized spacial score (nSPS) is 11.7. The van der Waals surface area contributed by atoms with Gasteiger partial charge in [0.1, 0.15) is 0 Å². The van der Waals surface area contributed by atoms with E-state index in [4.69, 9.17) is 9.79 Å².